The van der Waals surface area contributed by atoms with E-state index >= 15 is 0 Å². The first kappa shape index (κ1) is 10.2. The molecule has 0 aromatic carbocycles. The third-order valence-corrected chi connectivity index (χ3v) is 4.37. The highest BCUT2D eigenvalue weighted by molar-refractivity contribution is 5.90. The second kappa shape index (κ2) is 2.84. The highest BCUT2D eigenvalue weighted by Gasteiger charge is 2.52. The molecule has 2 rings (SSSR count). The lowest BCUT2D eigenvalue weighted by atomic mass is 9.68. The van der Waals surface area contributed by atoms with Gasteiger partial charge in [0.2, 0.25) is 0 Å². The van der Waals surface area contributed by atoms with Gasteiger partial charge in [0.15, 0.2) is 0 Å². The monoisotopic (exact) mass is 194 g/mol. The molecule has 1 heteroatoms. The molecule has 0 heterocycles. The fourth-order valence-electron chi connectivity index (χ4n) is 2.81. The van der Waals surface area contributed by atoms with Crippen molar-refractivity contribution in [2.24, 2.45) is 22.7 Å². The Morgan fingerprint density at radius 2 is 1.14 bits per heavy atom. The van der Waals surface area contributed by atoms with Gasteiger partial charge in [-0.05, 0) is 37.5 Å². The Bertz CT molecular complexity index is 228. The van der Waals surface area contributed by atoms with Crippen molar-refractivity contribution in [1.82, 2.24) is 0 Å². The van der Waals surface area contributed by atoms with Crippen LogP contribution in [0, 0.1) is 22.7 Å². The third-order valence-electron chi connectivity index (χ3n) is 4.37. The number of carbonyl (C=O) groups excluding carboxylic acids is 1. The van der Waals surface area contributed by atoms with Gasteiger partial charge in [-0.3, -0.25) is 4.79 Å². The largest absolute Gasteiger partial charge is 0.298 e. The minimum Gasteiger partial charge on any atom is -0.298 e. The number of Topliss-reactive ketones (excluding diaryl/α,β-unsaturated/α-hetero) is 1. The maximum absolute atomic E-state index is 12.4. The normalized spacial score (nSPS) is 23.7. The summed E-state index contributed by atoms with van der Waals surface area (Å²) in [5.41, 5.74) is -0.127. The lowest BCUT2D eigenvalue weighted by Gasteiger charge is -2.33. The molecule has 0 N–H and O–H groups in total. The Kier molecular flexibility index (Phi) is 2.06. The maximum atomic E-state index is 12.4. The zero-order chi connectivity index (χ0) is 10.6. The average Bonchev–Trinajstić information content (AvgIpc) is 2.86. The van der Waals surface area contributed by atoms with Crippen LogP contribution in [0.5, 0.6) is 0 Å². The second-order valence-corrected chi connectivity index (χ2v) is 6.32. The van der Waals surface area contributed by atoms with Crippen LogP contribution in [-0.2, 0) is 4.79 Å². The molecule has 80 valence electrons. The summed E-state index contributed by atoms with van der Waals surface area (Å²) in [6.45, 7) is 8.60. The first-order valence-electron chi connectivity index (χ1n) is 5.91. The molecule has 14 heavy (non-hydrogen) atoms. The van der Waals surface area contributed by atoms with E-state index < -0.39 is 0 Å². The van der Waals surface area contributed by atoms with Gasteiger partial charge in [0.25, 0.3) is 0 Å². The molecule has 0 unspecified atom stereocenters. The van der Waals surface area contributed by atoms with Crippen LogP contribution in [0.25, 0.3) is 0 Å². The van der Waals surface area contributed by atoms with E-state index in [1.165, 1.54) is 25.7 Å². The molecular formula is C13H22O. The number of carbonyl (C=O) groups is 1. The van der Waals surface area contributed by atoms with E-state index in [0.29, 0.717) is 17.6 Å². The fraction of sp³-hybridized carbons (Fsp3) is 0.923. The summed E-state index contributed by atoms with van der Waals surface area (Å²) in [5.74, 6) is 1.86. The zero-order valence-electron chi connectivity index (χ0n) is 9.89. The van der Waals surface area contributed by atoms with Gasteiger partial charge in [0.1, 0.15) is 5.78 Å². The molecule has 0 aliphatic heterocycles. The van der Waals surface area contributed by atoms with E-state index in [4.69, 9.17) is 0 Å². The quantitative estimate of drug-likeness (QED) is 0.670. The minimum absolute atomic E-state index is 0.0634. The molecule has 0 spiro atoms. The summed E-state index contributed by atoms with van der Waals surface area (Å²) < 4.78 is 0. The first-order chi connectivity index (χ1) is 6.37. The van der Waals surface area contributed by atoms with E-state index in [9.17, 15) is 4.79 Å². The van der Waals surface area contributed by atoms with Crippen molar-refractivity contribution in [2.75, 3.05) is 0 Å². The Labute approximate surface area is 87.3 Å². The summed E-state index contributed by atoms with van der Waals surface area (Å²) in [6, 6.07) is 0. The number of rotatable bonds is 4. The van der Waals surface area contributed by atoms with Crippen LogP contribution in [0.3, 0.4) is 0 Å². The maximum Gasteiger partial charge on any atom is 0.144 e. The van der Waals surface area contributed by atoms with Crippen molar-refractivity contribution in [3.05, 3.63) is 0 Å². The van der Waals surface area contributed by atoms with E-state index in [0.717, 1.165) is 0 Å². The number of hydrogen-bond acceptors (Lipinski definition) is 1. The smallest absolute Gasteiger partial charge is 0.144 e. The Morgan fingerprint density at radius 1 is 0.857 bits per heavy atom. The van der Waals surface area contributed by atoms with Gasteiger partial charge in [0.05, 0.1) is 0 Å². The Morgan fingerprint density at radius 3 is 1.36 bits per heavy atom. The van der Waals surface area contributed by atoms with Crippen molar-refractivity contribution in [1.29, 1.82) is 0 Å². The van der Waals surface area contributed by atoms with Crippen molar-refractivity contribution in [3.63, 3.8) is 0 Å². The van der Waals surface area contributed by atoms with E-state index in [2.05, 4.69) is 27.7 Å². The molecule has 2 aliphatic carbocycles. The van der Waals surface area contributed by atoms with Crippen LogP contribution in [0.4, 0.5) is 0 Å². The first-order valence-corrected chi connectivity index (χ1v) is 5.91. The van der Waals surface area contributed by atoms with Gasteiger partial charge < -0.3 is 0 Å². The fourth-order valence-corrected chi connectivity index (χ4v) is 2.81. The van der Waals surface area contributed by atoms with Crippen LogP contribution in [0.15, 0.2) is 0 Å². The molecule has 2 fully saturated rings. The molecule has 0 aromatic rings. The molecule has 1 nitrogen and oxygen atoms in total. The average molecular weight is 194 g/mol. The summed E-state index contributed by atoms with van der Waals surface area (Å²) in [6.07, 6.45) is 5.05. The van der Waals surface area contributed by atoms with Crippen LogP contribution >= 0.6 is 0 Å². The SMILES string of the molecule is CC(C)(C(=O)C(C)(C)C1CC1)C1CC1. The molecule has 0 amide bonds. The predicted octanol–water partition coefficient (Wildman–Crippen LogP) is 3.43. The summed E-state index contributed by atoms with van der Waals surface area (Å²) in [7, 11) is 0. The van der Waals surface area contributed by atoms with E-state index in [-0.39, 0.29) is 10.8 Å². The molecule has 0 atom stereocenters. The highest BCUT2D eigenvalue weighted by atomic mass is 16.1. The van der Waals surface area contributed by atoms with Crippen molar-refractivity contribution in [3.8, 4) is 0 Å². The van der Waals surface area contributed by atoms with Gasteiger partial charge >= 0.3 is 0 Å². The number of ketones is 1. The molecule has 0 bridgehead atoms. The minimum atomic E-state index is -0.0634. The van der Waals surface area contributed by atoms with Gasteiger partial charge in [0, 0.05) is 10.8 Å². The third kappa shape index (κ3) is 1.51. The van der Waals surface area contributed by atoms with Gasteiger partial charge in [-0.15, -0.1) is 0 Å². The molecule has 2 saturated carbocycles. The summed E-state index contributed by atoms with van der Waals surface area (Å²) in [5, 5.41) is 0. The molecule has 2 aliphatic rings. The van der Waals surface area contributed by atoms with Crippen molar-refractivity contribution < 1.29 is 4.79 Å². The molecule has 0 radical (unpaired) electrons. The topological polar surface area (TPSA) is 17.1 Å². The van der Waals surface area contributed by atoms with Gasteiger partial charge in [-0.2, -0.15) is 0 Å². The zero-order valence-corrected chi connectivity index (χ0v) is 9.89. The van der Waals surface area contributed by atoms with Gasteiger partial charge in [-0.1, -0.05) is 27.7 Å². The Balaban J connectivity index is 2.12. The van der Waals surface area contributed by atoms with E-state index in [1.54, 1.807) is 0 Å². The highest BCUT2D eigenvalue weighted by Crippen LogP contribution is 2.54. The summed E-state index contributed by atoms with van der Waals surface area (Å²) >= 11 is 0. The lowest BCUT2D eigenvalue weighted by Crippen LogP contribution is -2.39. The van der Waals surface area contributed by atoms with Crippen LogP contribution in [0.1, 0.15) is 53.4 Å². The van der Waals surface area contributed by atoms with Gasteiger partial charge in [-0.25, -0.2) is 0 Å². The van der Waals surface area contributed by atoms with Crippen molar-refractivity contribution >= 4 is 5.78 Å². The van der Waals surface area contributed by atoms with E-state index in [1.807, 2.05) is 0 Å². The second-order valence-electron chi connectivity index (χ2n) is 6.32. The Hall–Kier alpha value is -0.330. The summed E-state index contributed by atoms with van der Waals surface area (Å²) in [4.78, 5) is 12.4. The molecule has 0 aromatic heterocycles. The van der Waals surface area contributed by atoms with Crippen molar-refractivity contribution in [2.45, 2.75) is 53.4 Å². The number of hydrogen-bond donors (Lipinski definition) is 0. The lowest BCUT2D eigenvalue weighted by molar-refractivity contribution is -0.138. The molecule has 0 saturated heterocycles. The standard InChI is InChI=1S/C13H22O/c1-12(2,9-5-6-9)11(14)13(3,4)10-7-8-10/h9-10H,5-8H2,1-4H3. The van der Waals surface area contributed by atoms with Crippen LogP contribution < -0.4 is 0 Å². The van der Waals surface area contributed by atoms with Crippen LogP contribution in [-0.4, -0.2) is 5.78 Å². The van der Waals surface area contributed by atoms with Crippen LogP contribution in [0.2, 0.25) is 0 Å². The predicted molar refractivity (Wildman–Crippen MR) is 58.0 cm³/mol. The molecular weight excluding hydrogens is 172 g/mol.